The van der Waals surface area contributed by atoms with Gasteiger partial charge in [-0.3, -0.25) is 10.2 Å². The summed E-state index contributed by atoms with van der Waals surface area (Å²) < 4.78 is 68.9. The summed E-state index contributed by atoms with van der Waals surface area (Å²) in [7, 11) is -3.84. The Kier molecular flexibility index (Phi) is 9.64. The summed E-state index contributed by atoms with van der Waals surface area (Å²) >= 11 is 0. The van der Waals surface area contributed by atoms with Crippen LogP contribution in [0, 0.1) is 23.2 Å². The van der Waals surface area contributed by atoms with Gasteiger partial charge in [-0.05, 0) is 75.3 Å². The highest BCUT2D eigenvalue weighted by molar-refractivity contribution is 7.92. The number of ether oxygens (including phenoxy) is 7. The summed E-state index contributed by atoms with van der Waals surface area (Å²) in [6, 6.07) is 13.6. The van der Waals surface area contributed by atoms with Crippen LogP contribution < -0.4 is 19.5 Å². The number of nitrogens with zero attached hydrogens (tertiary/aromatic N) is 2. The Balaban J connectivity index is 1.14. The van der Waals surface area contributed by atoms with E-state index in [0.29, 0.717) is 30.3 Å². The highest BCUT2D eigenvalue weighted by Gasteiger charge is 2.53. The number of fused-ring (bicyclic) bond motifs is 2. The van der Waals surface area contributed by atoms with Crippen LogP contribution in [0.3, 0.4) is 0 Å². The summed E-state index contributed by atoms with van der Waals surface area (Å²) in [4.78, 5) is 15.9. The fraction of sp³-hybridized carbons (Fsp3) is 0.600. The van der Waals surface area contributed by atoms with E-state index in [9.17, 15) is 13.2 Å². The number of hydrogen-bond donors (Lipinski definition) is 1. The zero-order valence-electron chi connectivity index (χ0n) is 27.7. The molecule has 0 spiro atoms. The first-order valence-corrected chi connectivity index (χ1v) is 18.6. The lowest BCUT2D eigenvalue weighted by atomic mass is 9.99. The normalized spacial score (nSPS) is 27.9. The lowest BCUT2D eigenvalue weighted by Gasteiger charge is -2.34. The Bertz CT molecular complexity index is 1660. The maximum Gasteiger partial charge on any atom is 0.412 e. The minimum absolute atomic E-state index is 0.0268. The summed E-state index contributed by atoms with van der Waals surface area (Å²) in [6.07, 6.45) is 2.75. The predicted molar refractivity (Wildman–Crippen MR) is 173 cm³/mol. The van der Waals surface area contributed by atoms with Gasteiger partial charge in [-0.15, -0.1) is 0 Å². The predicted octanol–water partition coefficient (Wildman–Crippen LogP) is 4.14. The van der Waals surface area contributed by atoms with Gasteiger partial charge in [-0.2, -0.15) is 5.26 Å². The van der Waals surface area contributed by atoms with Crippen molar-refractivity contribution < 1.29 is 46.4 Å². The molecule has 2 aromatic carbocycles. The molecule has 4 heterocycles. The topological polar surface area (TPSA) is 155 Å². The number of carbonyl (C=O) groups is 1. The molecular weight excluding hydrogens is 654 g/mol. The average molecular weight is 698 g/mol. The molecule has 1 saturated carbocycles. The molecule has 5 aliphatic rings. The quantitative estimate of drug-likeness (QED) is 0.359. The van der Waals surface area contributed by atoms with Gasteiger partial charge in [-0.1, -0.05) is 25.0 Å². The number of nitrogens with one attached hydrogen (secondary N) is 1. The molecule has 1 amide bonds. The van der Waals surface area contributed by atoms with Gasteiger partial charge in [0.1, 0.15) is 29.0 Å². The van der Waals surface area contributed by atoms with Crippen LogP contribution in [0.5, 0.6) is 17.2 Å². The summed E-state index contributed by atoms with van der Waals surface area (Å²) in [5.41, 5.74) is -0.152. The number of amides is 1. The Hall–Kier alpha value is -3.61. The summed E-state index contributed by atoms with van der Waals surface area (Å²) in [5.74, 6) is 1.37. The van der Waals surface area contributed by atoms with Crippen LogP contribution in [0.25, 0.3) is 0 Å². The van der Waals surface area contributed by atoms with Gasteiger partial charge in [-0.25, -0.2) is 13.2 Å². The monoisotopic (exact) mass is 697 g/mol. The molecule has 6 atom stereocenters. The number of nitriles is 1. The lowest BCUT2D eigenvalue weighted by molar-refractivity contribution is -0.0911. The molecule has 0 bridgehead atoms. The molecule has 0 radical (unpaired) electrons. The van der Waals surface area contributed by atoms with Crippen molar-refractivity contribution in [3.8, 4) is 23.3 Å². The van der Waals surface area contributed by atoms with Crippen LogP contribution in [0.15, 0.2) is 47.4 Å². The van der Waals surface area contributed by atoms with Crippen LogP contribution in [0.2, 0.25) is 0 Å². The SMILES string of the molecule is CC1(C)O[C@H](CNC(C2CCCC2)S(=O)(=O)c2ccc3c(c2)OCO3)[C@H](Cc2ccc(OCC#N)cc2)N1C(=O)O[C@H]1CO[C@H]2OCC[C@H]21. The van der Waals surface area contributed by atoms with Crippen LogP contribution in [-0.2, 0) is 35.2 Å². The van der Waals surface area contributed by atoms with E-state index in [0.717, 1.165) is 37.7 Å². The zero-order chi connectivity index (χ0) is 34.2. The van der Waals surface area contributed by atoms with E-state index in [1.165, 1.54) is 6.07 Å². The second-order valence-electron chi connectivity index (χ2n) is 13.7. The van der Waals surface area contributed by atoms with E-state index in [1.807, 2.05) is 32.0 Å². The van der Waals surface area contributed by atoms with E-state index in [2.05, 4.69) is 5.32 Å². The smallest absolute Gasteiger partial charge is 0.412 e. The maximum atomic E-state index is 14.2. The largest absolute Gasteiger partial charge is 0.479 e. The van der Waals surface area contributed by atoms with Gasteiger partial charge >= 0.3 is 6.09 Å². The van der Waals surface area contributed by atoms with Crippen LogP contribution in [-0.4, -0.2) is 88.2 Å². The number of hydrogen-bond acceptors (Lipinski definition) is 12. The average Bonchev–Trinajstić information content (AvgIpc) is 3.92. The van der Waals surface area contributed by atoms with Crippen molar-refractivity contribution in [2.45, 2.75) is 92.9 Å². The Morgan fingerprint density at radius 1 is 1.08 bits per heavy atom. The van der Waals surface area contributed by atoms with E-state index < -0.39 is 45.3 Å². The van der Waals surface area contributed by atoms with Crippen molar-refractivity contribution in [2.24, 2.45) is 11.8 Å². The molecule has 4 fully saturated rings. The van der Waals surface area contributed by atoms with Gasteiger partial charge in [0.2, 0.25) is 6.79 Å². The molecule has 1 N–H and O–H groups in total. The Labute approximate surface area is 286 Å². The molecular formula is C35H43N3O10S. The minimum Gasteiger partial charge on any atom is -0.479 e. The first kappa shape index (κ1) is 33.9. The molecule has 1 aliphatic carbocycles. The fourth-order valence-corrected chi connectivity index (χ4v) is 9.78. The zero-order valence-corrected chi connectivity index (χ0v) is 28.6. The Morgan fingerprint density at radius 2 is 1.86 bits per heavy atom. The van der Waals surface area contributed by atoms with E-state index in [-0.39, 0.29) is 49.6 Å². The van der Waals surface area contributed by atoms with Gasteiger partial charge in [0.05, 0.1) is 36.2 Å². The molecule has 2 aromatic rings. The third-order valence-electron chi connectivity index (χ3n) is 10.2. The van der Waals surface area contributed by atoms with Crippen molar-refractivity contribution in [2.75, 3.05) is 33.2 Å². The molecule has 1 unspecified atom stereocenters. The third-order valence-corrected chi connectivity index (χ3v) is 12.4. The molecule has 14 heteroatoms. The molecule has 0 aromatic heterocycles. The number of rotatable bonds is 11. The molecule has 3 saturated heterocycles. The number of carbonyl (C=O) groups excluding carboxylic acids is 1. The first-order valence-electron chi connectivity index (χ1n) is 17.0. The fourth-order valence-electron chi connectivity index (χ4n) is 7.86. The van der Waals surface area contributed by atoms with Gasteiger partial charge in [0.25, 0.3) is 0 Å². The second-order valence-corrected chi connectivity index (χ2v) is 15.8. The van der Waals surface area contributed by atoms with Crippen LogP contribution >= 0.6 is 0 Å². The lowest BCUT2D eigenvalue weighted by Crippen LogP contribution is -2.52. The standard InChI is InChI=1S/C35H43N3O10S/c1-35(2)38(34(39)47-31-20-44-33-26(31)13-15-43-33)27(17-22-7-9-24(10-8-22)42-16-14-36)30(48-35)19-37-32(23-5-3-4-6-23)49(40,41)25-11-12-28-29(18-25)46-21-45-28/h7-12,18,23,26-27,30-33,37H,3-6,13,15-17,19-21H2,1-2H3/t26-,27-,30+,31-,32?,33+/m0/s1. The highest BCUT2D eigenvalue weighted by Crippen LogP contribution is 2.40. The number of benzene rings is 2. The van der Waals surface area contributed by atoms with Crippen molar-refractivity contribution in [3.63, 3.8) is 0 Å². The van der Waals surface area contributed by atoms with Crippen molar-refractivity contribution in [3.05, 3.63) is 48.0 Å². The van der Waals surface area contributed by atoms with E-state index in [4.69, 9.17) is 38.4 Å². The summed E-state index contributed by atoms with van der Waals surface area (Å²) in [6.45, 7) is 4.63. The molecule has 264 valence electrons. The van der Waals surface area contributed by atoms with Gasteiger partial charge in [0, 0.05) is 12.6 Å². The molecule has 13 nitrogen and oxygen atoms in total. The third kappa shape index (κ3) is 6.92. The highest BCUT2D eigenvalue weighted by atomic mass is 32.2. The first-order chi connectivity index (χ1) is 23.6. The van der Waals surface area contributed by atoms with Crippen molar-refractivity contribution in [1.82, 2.24) is 10.2 Å². The van der Waals surface area contributed by atoms with Gasteiger partial charge < -0.3 is 33.2 Å². The van der Waals surface area contributed by atoms with E-state index in [1.54, 1.807) is 29.2 Å². The van der Waals surface area contributed by atoms with E-state index >= 15 is 0 Å². The van der Waals surface area contributed by atoms with Crippen LogP contribution in [0.4, 0.5) is 4.79 Å². The number of sulfone groups is 1. The Morgan fingerprint density at radius 3 is 2.63 bits per heavy atom. The van der Waals surface area contributed by atoms with Crippen molar-refractivity contribution in [1.29, 1.82) is 5.26 Å². The van der Waals surface area contributed by atoms with Gasteiger partial charge in [0.15, 0.2) is 34.2 Å². The molecule has 7 rings (SSSR count). The second kappa shape index (κ2) is 14.0. The maximum absolute atomic E-state index is 14.2. The minimum atomic E-state index is -3.84. The summed E-state index contributed by atoms with van der Waals surface area (Å²) in [5, 5.41) is 11.4. The molecule has 49 heavy (non-hydrogen) atoms. The molecule has 4 aliphatic heterocycles. The van der Waals surface area contributed by atoms with Crippen LogP contribution in [0.1, 0.15) is 51.5 Å². The van der Waals surface area contributed by atoms with Crippen molar-refractivity contribution >= 4 is 15.9 Å².